The van der Waals surface area contributed by atoms with E-state index in [0.29, 0.717) is 6.61 Å². The van der Waals surface area contributed by atoms with Gasteiger partial charge in [0.05, 0.1) is 0 Å². The summed E-state index contributed by atoms with van der Waals surface area (Å²) >= 11 is 0. The Hall–Kier alpha value is -1.56. The Morgan fingerprint density at radius 1 is 1.38 bits per heavy atom. The first-order chi connectivity index (χ1) is 10.2. The lowest BCUT2D eigenvalue weighted by atomic mass is 10.1. The number of unbranched alkanes of at least 4 members (excludes halogenated alkanes) is 3. The maximum atomic E-state index is 10.8. The van der Waals surface area contributed by atoms with Crippen molar-refractivity contribution >= 4 is 5.97 Å². The number of ether oxygens (including phenoxy) is 3. The third-order valence-electron chi connectivity index (χ3n) is 3.03. The summed E-state index contributed by atoms with van der Waals surface area (Å²) in [5, 5.41) is 3.65. The Morgan fingerprint density at radius 2 is 2.19 bits per heavy atom. The average Bonchev–Trinajstić information content (AvgIpc) is 2.47. The summed E-state index contributed by atoms with van der Waals surface area (Å²) < 4.78 is 16.2. The Labute approximate surface area is 124 Å². The van der Waals surface area contributed by atoms with Crippen molar-refractivity contribution < 1.29 is 19.0 Å². The van der Waals surface area contributed by atoms with Crippen molar-refractivity contribution in [1.29, 1.82) is 0 Å². The van der Waals surface area contributed by atoms with Gasteiger partial charge in [0.25, 0.3) is 0 Å². The molecule has 7 heteroatoms. The fourth-order valence-corrected chi connectivity index (χ4v) is 1.94. The Kier molecular flexibility index (Phi) is 8.50. The van der Waals surface area contributed by atoms with Gasteiger partial charge in [0.1, 0.15) is 18.8 Å². The van der Waals surface area contributed by atoms with Gasteiger partial charge in [0.15, 0.2) is 6.29 Å². The maximum absolute atomic E-state index is 10.8. The number of hydrogen-bond acceptors (Lipinski definition) is 5. The molecule has 0 radical (unpaired) electrons. The third-order valence-corrected chi connectivity index (χ3v) is 3.03. The highest BCUT2D eigenvalue weighted by molar-refractivity contribution is 5.65. The molecule has 118 valence electrons. The molecule has 3 atom stereocenters. The summed E-state index contributed by atoms with van der Waals surface area (Å²) in [6, 6.07) is -0.491. The minimum atomic E-state index is -0.631. The standard InChI is InChI=1S/C14H23N3O4/c1-3-4-5-6-9-19-14-13(16-17-15)8-7-12(21-14)10-20-11(2)18/h7-8,12-14H,3-6,9-10H2,1-2H3/t12-,13-,14-/m0/s1. The van der Waals surface area contributed by atoms with Crippen LogP contribution in [0.4, 0.5) is 0 Å². The zero-order valence-electron chi connectivity index (χ0n) is 12.6. The van der Waals surface area contributed by atoms with E-state index in [1.165, 1.54) is 13.3 Å². The van der Waals surface area contributed by atoms with Crippen molar-refractivity contribution in [2.24, 2.45) is 5.11 Å². The van der Waals surface area contributed by atoms with Crippen LogP contribution in [-0.2, 0) is 19.0 Å². The van der Waals surface area contributed by atoms with Crippen molar-refractivity contribution in [2.45, 2.75) is 58.0 Å². The van der Waals surface area contributed by atoms with E-state index in [0.717, 1.165) is 19.3 Å². The zero-order valence-corrected chi connectivity index (χ0v) is 12.6. The van der Waals surface area contributed by atoms with Gasteiger partial charge in [-0.15, -0.1) is 0 Å². The van der Waals surface area contributed by atoms with E-state index in [1.807, 2.05) is 0 Å². The van der Waals surface area contributed by atoms with Crippen LogP contribution >= 0.6 is 0 Å². The van der Waals surface area contributed by atoms with Crippen LogP contribution in [0.1, 0.15) is 39.5 Å². The van der Waals surface area contributed by atoms with E-state index in [9.17, 15) is 4.79 Å². The Bertz CT molecular complexity index is 394. The van der Waals surface area contributed by atoms with Gasteiger partial charge in [-0.05, 0) is 12.0 Å². The molecule has 1 heterocycles. The number of rotatable bonds is 9. The number of esters is 1. The fourth-order valence-electron chi connectivity index (χ4n) is 1.94. The van der Waals surface area contributed by atoms with Crippen LogP contribution in [0.2, 0.25) is 0 Å². The van der Waals surface area contributed by atoms with Crippen molar-refractivity contribution in [3.05, 3.63) is 22.6 Å². The first-order valence-corrected chi connectivity index (χ1v) is 7.30. The van der Waals surface area contributed by atoms with Gasteiger partial charge in [-0.25, -0.2) is 0 Å². The lowest BCUT2D eigenvalue weighted by Crippen LogP contribution is -2.38. The largest absolute Gasteiger partial charge is 0.463 e. The highest BCUT2D eigenvalue weighted by atomic mass is 16.7. The van der Waals surface area contributed by atoms with Crippen molar-refractivity contribution in [3.8, 4) is 0 Å². The maximum Gasteiger partial charge on any atom is 0.302 e. The molecule has 0 aromatic rings. The first-order valence-electron chi connectivity index (χ1n) is 7.30. The van der Waals surface area contributed by atoms with Gasteiger partial charge >= 0.3 is 5.97 Å². The predicted octanol–water partition coefficient (Wildman–Crippen LogP) is 3.11. The molecule has 21 heavy (non-hydrogen) atoms. The molecule has 0 spiro atoms. The Balaban J connectivity index is 2.45. The molecule has 0 N–H and O–H groups in total. The molecule has 0 saturated carbocycles. The Morgan fingerprint density at radius 3 is 2.86 bits per heavy atom. The van der Waals surface area contributed by atoms with Crippen LogP contribution in [0.5, 0.6) is 0 Å². The smallest absolute Gasteiger partial charge is 0.302 e. The number of carbonyl (C=O) groups is 1. The average molecular weight is 297 g/mol. The SMILES string of the molecule is CCCCCCO[C@H]1O[C@H](COC(C)=O)C=C[C@@H]1N=[N+]=[N-]. The normalized spacial score (nSPS) is 24.4. The molecule has 7 nitrogen and oxygen atoms in total. The summed E-state index contributed by atoms with van der Waals surface area (Å²) in [6.45, 7) is 4.17. The van der Waals surface area contributed by atoms with E-state index in [-0.39, 0.29) is 18.7 Å². The molecule has 0 fully saturated rings. The molecular formula is C14H23N3O4. The van der Waals surface area contributed by atoms with Gasteiger partial charge in [-0.3, -0.25) is 4.79 Å². The molecule has 0 unspecified atom stereocenters. The molecule has 1 aliphatic rings. The van der Waals surface area contributed by atoms with Crippen LogP contribution in [0, 0.1) is 0 Å². The van der Waals surface area contributed by atoms with Gasteiger partial charge in [-0.2, -0.15) is 0 Å². The monoisotopic (exact) mass is 297 g/mol. The fraction of sp³-hybridized carbons (Fsp3) is 0.786. The minimum absolute atomic E-state index is 0.129. The molecule has 1 rings (SSSR count). The summed E-state index contributed by atoms with van der Waals surface area (Å²) in [7, 11) is 0. The highest BCUT2D eigenvalue weighted by Gasteiger charge is 2.27. The van der Waals surface area contributed by atoms with Crippen LogP contribution in [0.15, 0.2) is 17.3 Å². The summed E-state index contributed by atoms with van der Waals surface area (Å²) in [5.74, 6) is -0.360. The lowest BCUT2D eigenvalue weighted by molar-refractivity contribution is -0.184. The topological polar surface area (TPSA) is 93.5 Å². The first kappa shape index (κ1) is 17.5. The van der Waals surface area contributed by atoms with Crippen LogP contribution < -0.4 is 0 Å². The summed E-state index contributed by atoms with van der Waals surface area (Å²) in [5.41, 5.74) is 8.56. The summed E-state index contributed by atoms with van der Waals surface area (Å²) in [4.78, 5) is 13.6. The van der Waals surface area contributed by atoms with Gasteiger partial charge in [0.2, 0.25) is 0 Å². The van der Waals surface area contributed by atoms with E-state index in [2.05, 4.69) is 16.9 Å². The number of carbonyl (C=O) groups excluding carboxylic acids is 1. The second-order valence-corrected chi connectivity index (χ2v) is 4.86. The van der Waals surface area contributed by atoms with Gasteiger partial charge < -0.3 is 14.2 Å². The molecule has 0 bridgehead atoms. The van der Waals surface area contributed by atoms with Crippen LogP contribution in [0.25, 0.3) is 10.4 Å². The third kappa shape index (κ3) is 7.13. The quantitative estimate of drug-likeness (QED) is 0.163. The second-order valence-electron chi connectivity index (χ2n) is 4.86. The molecule has 0 aliphatic carbocycles. The second kappa shape index (κ2) is 10.2. The van der Waals surface area contributed by atoms with Crippen LogP contribution in [0.3, 0.4) is 0 Å². The molecule has 0 aromatic heterocycles. The van der Waals surface area contributed by atoms with Gasteiger partial charge in [-0.1, -0.05) is 43.5 Å². The zero-order chi connectivity index (χ0) is 15.5. The molecule has 0 saturated heterocycles. The van der Waals surface area contributed by atoms with Crippen LogP contribution in [-0.4, -0.2) is 37.6 Å². The van der Waals surface area contributed by atoms with E-state index in [1.54, 1.807) is 12.2 Å². The molecule has 0 aromatic carbocycles. The van der Waals surface area contributed by atoms with E-state index < -0.39 is 12.3 Å². The van der Waals surface area contributed by atoms with Gasteiger partial charge in [0, 0.05) is 18.4 Å². The van der Waals surface area contributed by atoms with Crippen molar-refractivity contribution in [2.75, 3.05) is 13.2 Å². The highest BCUT2D eigenvalue weighted by Crippen LogP contribution is 2.18. The molecule has 1 aliphatic heterocycles. The number of nitrogens with zero attached hydrogens (tertiary/aromatic N) is 3. The lowest BCUT2D eigenvalue weighted by Gasteiger charge is -2.29. The number of hydrogen-bond donors (Lipinski definition) is 0. The van der Waals surface area contributed by atoms with Crippen molar-refractivity contribution in [1.82, 2.24) is 0 Å². The number of azide groups is 1. The van der Waals surface area contributed by atoms with E-state index >= 15 is 0 Å². The van der Waals surface area contributed by atoms with Crippen molar-refractivity contribution in [3.63, 3.8) is 0 Å². The molecular weight excluding hydrogens is 274 g/mol. The minimum Gasteiger partial charge on any atom is -0.463 e. The predicted molar refractivity (Wildman–Crippen MR) is 77.5 cm³/mol. The van der Waals surface area contributed by atoms with E-state index in [4.69, 9.17) is 19.7 Å². The summed E-state index contributed by atoms with van der Waals surface area (Å²) in [6.07, 6.45) is 6.82. The molecule has 0 amide bonds.